The zero-order valence-corrected chi connectivity index (χ0v) is 21.5. The van der Waals surface area contributed by atoms with Gasteiger partial charge in [0.1, 0.15) is 12.4 Å². The molecule has 8 nitrogen and oxygen atoms in total. The van der Waals surface area contributed by atoms with Crippen molar-refractivity contribution in [1.29, 1.82) is 0 Å². The summed E-state index contributed by atoms with van der Waals surface area (Å²) in [5.74, 6) is 0.509. The highest BCUT2D eigenvalue weighted by molar-refractivity contribution is 5.87. The molecule has 1 N–H and O–H groups in total. The predicted molar refractivity (Wildman–Crippen MR) is 147 cm³/mol. The van der Waals surface area contributed by atoms with Crippen molar-refractivity contribution in [3.8, 4) is 5.75 Å². The van der Waals surface area contributed by atoms with E-state index in [9.17, 15) is 14.9 Å². The number of nitrogens with zero attached hydrogens (tertiary/aromatic N) is 3. The number of carbonyl (C=O) groups excluding carboxylic acids is 1. The van der Waals surface area contributed by atoms with Crippen LogP contribution in [0.1, 0.15) is 36.0 Å². The van der Waals surface area contributed by atoms with Gasteiger partial charge in [0, 0.05) is 67.8 Å². The first kappa shape index (κ1) is 25.5. The lowest BCUT2D eigenvalue weighted by Gasteiger charge is -2.35. The highest BCUT2D eigenvalue weighted by Crippen LogP contribution is 2.36. The molecule has 2 heterocycles. The van der Waals surface area contributed by atoms with E-state index in [1.807, 2.05) is 65.7 Å². The zero-order valence-electron chi connectivity index (χ0n) is 21.5. The molecule has 196 valence electrons. The van der Waals surface area contributed by atoms with E-state index in [2.05, 4.69) is 16.8 Å². The van der Waals surface area contributed by atoms with Gasteiger partial charge in [-0.25, -0.2) is 0 Å². The van der Waals surface area contributed by atoms with Gasteiger partial charge in [-0.3, -0.25) is 14.9 Å². The first-order valence-electron chi connectivity index (χ1n) is 13.0. The number of H-pyrrole nitrogens is 1. The molecule has 8 heteroatoms. The molecule has 1 atom stereocenters. The number of hydrogen-bond acceptors (Lipinski definition) is 5. The van der Waals surface area contributed by atoms with Crippen molar-refractivity contribution in [1.82, 2.24) is 14.8 Å². The molecule has 0 unspecified atom stereocenters. The third-order valence-electron chi connectivity index (χ3n) is 7.34. The molecular weight excluding hydrogens is 480 g/mol. The van der Waals surface area contributed by atoms with E-state index < -0.39 is 0 Å². The second-order valence-corrected chi connectivity index (χ2v) is 9.65. The van der Waals surface area contributed by atoms with Crippen molar-refractivity contribution in [2.24, 2.45) is 0 Å². The van der Waals surface area contributed by atoms with E-state index in [4.69, 9.17) is 4.74 Å². The Balaban J connectivity index is 1.46. The summed E-state index contributed by atoms with van der Waals surface area (Å²) in [5.41, 5.74) is 3.70. The maximum atomic E-state index is 13.5. The minimum Gasteiger partial charge on any atom is -0.489 e. The van der Waals surface area contributed by atoms with Crippen LogP contribution in [0.4, 0.5) is 5.69 Å². The number of aromatic amines is 1. The Morgan fingerprint density at radius 3 is 2.55 bits per heavy atom. The number of hydrogen-bond donors (Lipinski definition) is 1. The highest BCUT2D eigenvalue weighted by Gasteiger charge is 2.27. The molecule has 1 aliphatic rings. The normalized spacial score (nSPS) is 14.9. The lowest BCUT2D eigenvalue weighted by atomic mass is 9.87. The van der Waals surface area contributed by atoms with E-state index in [0.29, 0.717) is 25.4 Å². The molecule has 0 saturated carbocycles. The summed E-state index contributed by atoms with van der Waals surface area (Å²) in [7, 11) is 0. The Kier molecular flexibility index (Phi) is 7.70. The van der Waals surface area contributed by atoms with Crippen molar-refractivity contribution < 1.29 is 14.5 Å². The Labute approximate surface area is 222 Å². The van der Waals surface area contributed by atoms with Gasteiger partial charge in [-0.2, -0.15) is 0 Å². The first-order chi connectivity index (χ1) is 18.5. The topological polar surface area (TPSA) is 91.7 Å². The maximum absolute atomic E-state index is 13.5. The number of aromatic nitrogens is 1. The summed E-state index contributed by atoms with van der Waals surface area (Å²) in [6.07, 6.45) is 2.14. The van der Waals surface area contributed by atoms with Gasteiger partial charge in [0.15, 0.2) is 0 Å². The number of nitrogens with one attached hydrogen (secondary N) is 1. The summed E-state index contributed by atoms with van der Waals surface area (Å²) in [6.45, 7) is 6.71. The second kappa shape index (κ2) is 11.5. The summed E-state index contributed by atoms with van der Waals surface area (Å²) in [5, 5.41) is 12.3. The Morgan fingerprint density at radius 2 is 1.82 bits per heavy atom. The minimum absolute atomic E-state index is 0.0269. The fourth-order valence-electron chi connectivity index (χ4n) is 5.12. The standard InChI is InChI=1S/C30H32N4O4/c1-2-32-13-15-33(16-14-32)30(35)19-26(28-20-31-29-12-11-24(34(36)37)18-27(28)29)23-9-6-10-25(17-23)38-21-22-7-4-3-5-8-22/h3-12,17-18,20,26,31H,2,13-16,19,21H2,1H3/t26-/m1/s1. The molecule has 38 heavy (non-hydrogen) atoms. The number of fused-ring (bicyclic) bond motifs is 1. The molecule has 3 aromatic carbocycles. The van der Waals surface area contributed by atoms with Gasteiger partial charge in [0.2, 0.25) is 5.91 Å². The number of piperazine rings is 1. The van der Waals surface area contributed by atoms with Crippen molar-refractivity contribution in [2.45, 2.75) is 25.9 Å². The number of non-ortho nitro benzene ring substituents is 1. The average Bonchev–Trinajstić information content (AvgIpc) is 3.38. The third-order valence-corrected chi connectivity index (χ3v) is 7.34. The first-order valence-corrected chi connectivity index (χ1v) is 13.0. The predicted octanol–water partition coefficient (Wildman–Crippen LogP) is 5.34. The van der Waals surface area contributed by atoms with Crippen LogP contribution in [-0.4, -0.2) is 58.3 Å². The van der Waals surface area contributed by atoms with Crippen LogP contribution in [0.25, 0.3) is 10.9 Å². The molecule has 1 fully saturated rings. The SMILES string of the molecule is CCN1CCN(C(=O)C[C@H](c2cccc(OCc3ccccc3)c2)c2c[nH]c3ccc([N+](=O)[O-])cc23)CC1. The van der Waals surface area contributed by atoms with Crippen LogP contribution in [-0.2, 0) is 11.4 Å². The van der Waals surface area contributed by atoms with Gasteiger partial charge < -0.3 is 19.5 Å². The Hall–Kier alpha value is -4.17. The molecule has 0 spiro atoms. The number of rotatable bonds is 9. The molecule has 1 aliphatic heterocycles. The van der Waals surface area contributed by atoms with Crippen molar-refractivity contribution in [3.05, 3.63) is 106 Å². The molecular formula is C30H32N4O4. The molecule has 5 rings (SSSR count). The molecule has 1 amide bonds. The largest absolute Gasteiger partial charge is 0.489 e. The Morgan fingerprint density at radius 1 is 1.03 bits per heavy atom. The summed E-state index contributed by atoms with van der Waals surface area (Å²) in [4.78, 5) is 32.2. The lowest BCUT2D eigenvalue weighted by molar-refractivity contribution is -0.384. The minimum atomic E-state index is -0.387. The summed E-state index contributed by atoms with van der Waals surface area (Å²) in [6, 6.07) is 22.6. The van der Waals surface area contributed by atoms with Gasteiger partial charge >= 0.3 is 0 Å². The van der Waals surface area contributed by atoms with Gasteiger partial charge in [0.25, 0.3) is 5.69 Å². The third kappa shape index (κ3) is 5.70. The Bertz CT molecular complexity index is 1410. The summed E-state index contributed by atoms with van der Waals surface area (Å²) >= 11 is 0. The van der Waals surface area contributed by atoms with Crippen LogP contribution in [0.5, 0.6) is 5.75 Å². The number of nitro benzene ring substituents is 1. The van der Waals surface area contributed by atoms with E-state index in [1.165, 1.54) is 6.07 Å². The van der Waals surface area contributed by atoms with E-state index in [-0.39, 0.29) is 28.9 Å². The average molecular weight is 513 g/mol. The molecule has 4 aromatic rings. The fourth-order valence-corrected chi connectivity index (χ4v) is 5.12. The van der Waals surface area contributed by atoms with Crippen molar-refractivity contribution in [3.63, 3.8) is 0 Å². The van der Waals surface area contributed by atoms with Gasteiger partial charge in [-0.1, -0.05) is 49.4 Å². The number of carbonyl (C=O) groups is 1. The van der Waals surface area contributed by atoms with Crippen LogP contribution in [0.2, 0.25) is 0 Å². The van der Waals surface area contributed by atoms with Gasteiger partial charge in [0.05, 0.1) is 4.92 Å². The molecule has 0 bridgehead atoms. The maximum Gasteiger partial charge on any atom is 0.270 e. The smallest absolute Gasteiger partial charge is 0.270 e. The molecule has 1 saturated heterocycles. The quantitative estimate of drug-likeness (QED) is 0.241. The lowest BCUT2D eigenvalue weighted by Crippen LogP contribution is -2.48. The van der Waals surface area contributed by atoms with Crippen LogP contribution in [0, 0.1) is 10.1 Å². The molecule has 0 aliphatic carbocycles. The van der Waals surface area contributed by atoms with Crippen molar-refractivity contribution >= 4 is 22.5 Å². The van der Waals surface area contributed by atoms with Gasteiger partial charge in [-0.05, 0) is 41.4 Å². The second-order valence-electron chi connectivity index (χ2n) is 9.65. The number of likely N-dealkylation sites (N-methyl/N-ethyl adjacent to an activating group) is 1. The van der Waals surface area contributed by atoms with E-state index >= 15 is 0 Å². The molecule has 1 aromatic heterocycles. The number of ether oxygens (including phenoxy) is 1. The van der Waals surface area contributed by atoms with Crippen LogP contribution in [0.3, 0.4) is 0 Å². The number of amides is 1. The molecule has 0 radical (unpaired) electrons. The zero-order chi connectivity index (χ0) is 26.5. The van der Waals surface area contributed by atoms with E-state index in [1.54, 1.807) is 12.1 Å². The van der Waals surface area contributed by atoms with Gasteiger partial charge in [-0.15, -0.1) is 0 Å². The number of benzene rings is 3. The highest BCUT2D eigenvalue weighted by atomic mass is 16.6. The van der Waals surface area contributed by atoms with E-state index in [0.717, 1.165) is 47.2 Å². The summed E-state index contributed by atoms with van der Waals surface area (Å²) < 4.78 is 6.09. The number of nitro groups is 1. The monoisotopic (exact) mass is 512 g/mol. The van der Waals surface area contributed by atoms with Crippen LogP contribution >= 0.6 is 0 Å². The van der Waals surface area contributed by atoms with Crippen LogP contribution in [0.15, 0.2) is 79.0 Å². The van der Waals surface area contributed by atoms with Crippen LogP contribution < -0.4 is 4.74 Å². The van der Waals surface area contributed by atoms with Crippen molar-refractivity contribution in [2.75, 3.05) is 32.7 Å². The fraction of sp³-hybridized carbons (Fsp3) is 0.300.